The molecule has 0 bridgehead atoms. The van der Waals surface area contributed by atoms with Gasteiger partial charge in [0.1, 0.15) is 0 Å². The first-order chi connectivity index (χ1) is 7.79. The summed E-state index contributed by atoms with van der Waals surface area (Å²) in [5, 5.41) is 0. The Labute approximate surface area is 95.6 Å². The topological polar surface area (TPSA) is 35.2 Å². The number of methoxy groups -OCH3 is 1. The van der Waals surface area contributed by atoms with Gasteiger partial charge in [0.15, 0.2) is 11.6 Å². The molecule has 0 heterocycles. The van der Waals surface area contributed by atoms with Crippen molar-refractivity contribution in [1.82, 2.24) is 0 Å². The molecule has 0 amide bonds. The van der Waals surface area contributed by atoms with Gasteiger partial charge in [0.05, 0.1) is 12.7 Å². The molecule has 0 aliphatic carbocycles. The summed E-state index contributed by atoms with van der Waals surface area (Å²) in [7, 11) is 1.44. The van der Waals surface area contributed by atoms with Gasteiger partial charge in [-0.3, -0.25) is 0 Å². The van der Waals surface area contributed by atoms with Gasteiger partial charge in [-0.25, -0.2) is 4.39 Å². The first-order valence-electron chi connectivity index (χ1n) is 5.31. The maximum atomic E-state index is 13.6. The number of hydrogen-bond acceptors (Lipinski definition) is 2. The third-order valence-corrected chi connectivity index (χ3v) is 2.16. The van der Waals surface area contributed by atoms with Crippen LogP contribution in [0.25, 0.3) is 0 Å². The second-order valence-electron chi connectivity index (χ2n) is 3.37. The van der Waals surface area contributed by atoms with Gasteiger partial charge < -0.3 is 10.5 Å². The molecule has 2 N–H and O–H groups in total. The smallest absolute Gasteiger partial charge is 0.180 e. The number of benzene rings is 1. The first kappa shape index (κ1) is 12.5. The molecule has 0 unspecified atom stereocenters. The minimum atomic E-state index is -0.392. The minimum absolute atomic E-state index is 0.230. The number of hydrogen-bond donors (Lipinski definition) is 1. The normalized spacial score (nSPS) is 9.44. The maximum absolute atomic E-state index is 13.6. The molecule has 0 aliphatic rings. The van der Waals surface area contributed by atoms with Gasteiger partial charge >= 0.3 is 0 Å². The van der Waals surface area contributed by atoms with Crippen molar-refractivity contribution in [2.75, 3.05) is 13.7 Å². The Morgan fingerprint density at radius 2 is 2.19 bits per heavy atom. The van der Waals surface area contributed by atoms with E-state index in [9.17, 15) is 4.39 Å². The zero-order valence-electron chi connectivity index (χ0n) is 9.42. The molecule has 0 radical (unpaired) electrons. The highest BCUT2D eigenvalue weighted by Gasteiger charge is 2.04. The van der Waals surface area contributed by atoms with E-state index in [2.05, 4.69) is 11.8 Å². The van der Waals surface area contributed by atoms with E-state index in [0.717, 1.165) is 19.3 Å². The summed E-state index contributed by atoms with van der Waals surface area (Å²) in [4.78, 5) is 0. The van der Waals surface area contributed by atoms with Crippen LogP contribution in [0.4, 0.5) is 4.39 Å². The zero-order chi connectivity index (χ0) is 11.8. The molecule has 2 nitrogen and oxygen atoms in total. The molecule has 1 rings (SSSR count). The Hall–Kier alpha value is -1.53. The predicted octanol–water partition coefficient (Wildman–Crippen LogP) is 2.31. The van der Waals surface area contributed by atoms with E-state index in [1.54, 1.807) is 18.2 Å². The van der Waals surface area contributed by atoms with Gasteiger partial charge in [-0.05, 0) is 31.5 Å². The molecule has 0 aliphatic heterocycles. The standard InChI is InChI=1S/C13H16FNO/c1-16-12-9-6-8-11(13(12)14)7-4-2-3-5-10-15/h6,8-9H,2-3,5,10,15H2,1H3. The van der Waals surface area contributed by atoms with Gasteiger partial charge in [-0.1, -0.05) is 17.9 Å². The minimum Gasteiger partial charge on any atom is -0.494 e. The molecule has 0 fully saturated rings. The molecule has 16 heavy (non-hydrogen) atoms. The van der Waals surface area contributed by atoms with E-state index < -0.39 is 5.82 Å². The van der Waals surface area contributed by atoms with Crippen LogP contribution in [0.3, 0.4) is 0 Å². The number of halogens is 1. The van der Waals surface area contributed by atoms with Crippen molar-refractivity contribution in [3.8, 4) is 17.6 Å². The first-order valence-corrected chi connectivity index (χ1v) is 5.31. The summed E-state index contributed by atoms with van der Waals surface area (Å²) in [5.41, 5.74) is 5.74. The van der Waals surface area contributed by atoms with Crippen LogP contribution in [0, 0.1) is 17.7 Å². The Balaban J connectivity index is 2.66. The number of rotatable bonds is 4. The summed E-state index contributed by atoms with van der Waals surface area (Å²) < 4.78 is 18.5. The van der Waals surface area contributed by atoms with Crippen molar-refractivity contribution in [2.24, 2.45) is 5.73 Å². The van der Waals surface area contributed by atoms with Crippen molar-refractivity contribution >= 4 is 0 Å². The zero-order valence-corrected chi connectivity index (χ0v) is 9.42. The summed E-state index contributed by atoms with van der Waals surface area (Å²) in [6.07, 6.45) is 2.65. The lowest BCUT2D eigenvalue weighted by Gasteiger charge is -2.01. The molecular formula is C13H16FNO. The van der Waals surface area contributed by atoms with Crippen molar-refractivity contribution in [1.29, 1.82) is 0 Å². The second kappa shape index (κ2) is 6.86. The summed E-state index contributed by atoms with van der Waals surface area (Å²) in [6.45, 7) is 0.676. The molecule has 0 aromatic heterocycles. The summed E-state index contributed by atoms with van der Waals surface area (Å²) in [5.74, 6) is 5.57. The Morgan fingerprint density at radius 3 is 2.88 bits per heavy atom. The number of ether oxygens (including phenoxy) is 1. The van der Waals surface area contributed by atoms with Crippen LogP contribution in [-0.4, -0.2) is 13.7 Å². The summed E-state index contributed by atoms with van der Waals surface area (Å²) >= 11 is 0. The third kappa shape index (κ3) is 3.56. The molecular weight excluding hydrogens is 205 g/mol. The van der Waals surface area contributed by atoms with Gasteiger partial charge in [-0.15, -0.1) is 0 Å². The Morgan fingerprint density at radius 1 is 1.38 bits per heavy atom. The van der Waals surface area contributed by atoms with Gasteiger partial charge in [-0.2, -0.15) is 0 Å². The van der Waals surface area contributed by atoms with Crippen LogP contribution in [0.15, 0.2) is 18.2 Å². The molecule has 3 heteroatoms. The van der Waals surface area contributed by atoms with Crippen molar-refractivity contribution in [3.05, 3.63) is 29.6 Å². The van der Waals surface area contributed by atoms with Crippen molar-refractivity contribution < 1.29 is 9.13 Å². The van der Waals surface area contributed by atoms with Gasteiger partial charge in [0, 0.05) is 6.42 Å². The average Bonchev–Trinajstić information content (AvgIpc) is 2.31. The van der Waals surface area contributed by atoms with E-state index in [4.69, 9.17) is 10.5 Å². The maximum Gasteiger partial charge on any atom is 0.180 e. The van der Waals surface area contributed by atoms with Crippen LogP contribution in [-0.2, 0) is 0 Å². The fourth-order valence-corrected chi connectivity index (χ4v) is 1.28. The van der Waals surface area contributed by atoms with E-state index in [1.165, 1.54) is 7.11 Å². The van der Waals surface area contributed by atoms with E-state index >= 15 is 0 Å². The van der Waals surface area contributed by atoms with Crippen LogP contribution in [0.2, 0.25) is 0 Å². The van der Waals surface area contributed by atoms with E-state index in [0.29, 0.717) is 12.1 Å². The van der Waals surface area contributed by atoms with Gasteiger partial charge in [0.25, 0.3) is 0 Å². The fourth-order valence-electron chi connectivity index (χ4n) is 1.28. The molecule has 0 saturated heterocycles. The highest BCUT2D eigenvalue weighted by atomic mass is 19.1. The van der Waals surface area contributed by atoms with E-state index in [1.807, 2.05) is 0 Å². The lowest BCUT2D eigenvalue weighted by molar-refractivity contribution is 0.386. The average molecular weight is 221 g/mol. The Kier molecular flexibility index (Phi) is 5.38. The second-order valence-corrected chi connectivity index (χ2v) is 3.37. The van der Waals surface area contributed by atoms with Crippen LogP contribution in [0.1, 0.15) is 24.8 Å². The van der Waals surface area contributed by atoms with Crippen LogP contribution < -0.4 is 10.5 Å². The SMILES string of the molecule is COc1cccc(C#CCCCCN)c1F. The fraction of sp³-hybridized carbons (Fsp3) is 0.385. The molecule has 86 valence electrons. The Bertz CT molecular complexity index is 393. The highest BCUT2D eigenvalue weighted by Crippen LogP contribution is 2.18. The van der Waals surface area contributed by atoms with Crippen LogP contribution >= 0.6 is 0 Å². The van der Waals surface area contributed by atoms with Gasteiger partial charge in [0.2, 0.25) is 0 Å². The highest BCUT2D eigenvalue weighted by molar-refractivity contribution is 5.41. The van der Waals surface area contributed by atoms with E-state index in [-0.39, 0.29) is 5.75 Å². The molecule has 0 saturated carbocycles. The molecule has 0 spiro atoms. The van der Waals surface area contributed by atoms with Crippen LogP contribution in [0.5, 0.6) is 5.75 Å². The lowest BCUT2D eigenvalue weighted by atomic mass is 10.2. The molecule has 0 atom stereocenters. The molecule has 1 aromatic carbocycles. The number of unbranched alkanes of at least 4 members (excludes halogenated alkanes) is 2. The van der Waals surface area contributed by atoms with Crippen molar-refractivity contribution in [3.63, 3.8) is 0 Å². The van der Waals surface area contributed by atoms with Crippen molar-refractivity contribution in [2.45, 2.75) is 19.3 Å². The monoisotopic (exact) mass is 221 g/mol. The largest absolute Gasteiger partial charge is 0.494 e. The quantitative estimate of drug-likeness (QED) is 0.625. The number of nitrogens with two attached hydrogens (primary N) is 1. The lowest BCUT2D eigenvalue weighted by Crippen LogP contribution is -1.97. The predicted molar refractivity (Wildman–Crippen MR) is 62.7 cm³/mol. The third-order valence-electron chi connectivity index (χ3n) is 2.16. The summed E-state index contributed by atoms with van der Waals surface area (Å²) in [6, 6.07) is 4.95. The molecule has 1 aromatic rings.